The van der Waals surface area contributed by atoms with Crippen LogP contribution in [0.3, 0.4) is 0 Å². The molecule has 1 aromatic carbocycles. The van der Waals surface area contributed by atoms with E-state index >= 15 is 0 Å². The number of fused-ring (bicyclic) bond motifs is 1. The second-order valence-electron chi connectivity index (χ2n) is 5.60. The molecule has 0 atom stereocenters. The van der Waals surface area contributed by atoms with Gasteiger partial charge in [0.15, 0.2) is 5.13 Å². The molecule has 3 aromatic rings. The highest BCUT2D eigenvalue weighted by Gasteiger charge is 2.15. The zero-order chi connectivity index (χ0) is 15.9. The molecule has 0 fully saturated rings. The molecule has 0 saturated carbocycles. The lowest BCUT2D eigenvalue weighted by Gasteiger charge is -2.02. The van der Waals surface area contributed by atoms with E-state index < -0.39 is 5.97 Å². The third kappa shape index (κ3) is 2.74. The van der Waals surface area contributed by atoms with Crippen LogP contribution in [0.5, 0.6) is 0 Å². The third-order valence-electron chi connectivity index (χ3n) is 3.39. The van der Waals surface area contributed by atoms with Crippen LogP contribution in [0, 0.1) is 5.92 Å². The Hall–Kier alpha value is -1.85. The topological polar surface area (TPSA) is 55.1 Å². The van der Waals surface area contributed by atoms with E-state index in [-0.39, 0.29) is 4.88 Å². The third-order valence-corrected chi connectivity index (χ3v) is 4.61. The zero-order valence-corrected chi connectivity index (χ0v) is 13.8. The highest BCUT2D eigenvalue weighted by atomic mass is 35.5. The van der Waals surface area contributed by atoms with Crippen molar-refractivity contribution in [1.82, 2.24) is 9.55 Å². The predicted octanol–water partition coefficient (Wildman–Crippen LogP) is 4.64. The fourth-order valence-electron chi connectivity index (χ4n) is 2.51. The number of nitrogens with zero attached hydrogens (tertiary/aromatic N) is 2. The molecule has 0 aliphatic heterocycles. The van der Waals surface area contributed by atoms with Crippen LogP contribution in [0.1, 0.15) is 29.1 Å². The van der Waals surface area contributed by atoms with Gasteiger partial charge in [-0.2, -0.15) is 0 Å². The van der Waals surface area contributed by atoms with Gasteiger partial charge in [0.2, 0.25) is 0 Å². The summed E-state index contributed by atoms with van der Waals surface area (Å²) in [6, 6.07) is 5.78. The normalized spacial score (nSPS) is 11.5. The van der Waals surface area contributed by atoms with Gasteiger partial charge in [-0.3, -0.25) is 4.57 Å². The smallest absolute Gasteiger partial charge is 0.347 e. The number of aromatic carboxylic acids is 1. The summed E-state index contributed by atoms with van der Waals surface area (Å²) in [5.74, 6) is -0.429. The van der Waals surface area contributed by atoms with Crippen molar-refractivity contribution in [3.63, 3.8) is 0 Å². The van der Waals surface area contributed by atoms with Gasteiger partial charge in [-0.1, -0.05) is 42.9 Å². The Morgan fingerprint density at radius 1 is 1.45 bits per heavy atom. The summed E-state index contributed by atoms with van der Waals surface area (Å²) in [4.78, 5) is 15.5. The first-order valence-corrected chi connectivity index (χ1v) is 8.14. The number of thiazole rings is 1. The number of aromatic nitrogens is 2. The highest BCUT2D eigenvalue weighted by molar-refractivity contribution is 7.15. The molecule has 0 unspecified atom stereocenters. The maximum atomic E-state index is 11.1. The molecule has 114 valence electrons. The molecule has 22 heavy (non-hydrogen) atoms. The van der Waals surface area contributed by atoms with Gasteiger partial charge in [0.25, 0.3) is 0 Å². The average Bonchev–Trinajstić information content (AvgIpc) is 3.03. The van der Waals surface area contributed by atoms with Crippen LogP contribution in [-0.4, -0.2) is 20.6 Å². The summed E-state index contributed by atoms with van der Waals surface area (Å²) in [5.41, 5.74) is 2.17. The van der Waals surface area contributed by atoms with Gasteiger partial charge < -0.3 is 5.11 Å². The number of carbonyl (C=O) groups is 1. The van der Waals surface area contributed by atoms with Crippen LogP contribution in [0.2, 0.25) is 5.02 Å². The van der Waals surface area contributed by atoms with Crippen molar-refractivity contribution in [3.8, 4) is 5.13 Å². The Labute approximate surface area is 137 Å². The van der Waals surface area contributed by atoms with E-state index in [9.17, 15) is 4.79 Å². The van der Waals surface area contributed by atoms with Gasteiger partial charge in [0, 0.05) is 16.6 Å². The fraction of sp³-hybridized carbons (Fsp3) is 0.250. The van der Waals surface area contributed by atoms with E-state index in [1.54, 1.807) is 0 Å². The predicted molar refractivity (Wildman–Crippen MR) is 89.5 cm³/mol. The van der Waals surface area contributed by atoms with Gasteiger partial charge in [-0.15, -0.1) is 0 Å². The lowest BCUT2D eigenvalue weighted by molar-refractivity contribution is 0.0702. The molecule has 0 saturated heterocycles. The maximum absolute atomic E-state index is 11.1. The summed E-state index contributed by atoms with van der Waals surface area (Å²) in [5, 5.41) is 11.5. The molecule has 6 heteroatoms. The second kappa shape index (κ2) is 5.74. The summed E-state index contributed by atoms with van der Waals surface area (Å²) in [7, 11) is 0. The van der Waals surface area contributed by atoms with Crippen molar-refractivity contribution >= 4 is 39.8 Å². The van der Waals surface area contributed by atoms with Gasteiger partial charge in [0.05, 0.1) is 11.7 Å². The molecule has 2 aromatic heterocycles. The van der Waals surface area contributed by atoms with Crippen LogP contribution in [0.25, 0.3) is 16.0 Å². The number of halogens is 1. The second-order valence-corrected chi connectivity index (χ2v) is 7.04. The maximum Gasteiger partial charge on any atom is 0.347 e. The largest absolute Gasteiger partial charge is 0.477 e. The lowest BCUT2D eigenvalue weighted by atomic mass is 10.0. The van der Waals surface area contributed by atoms with Crippen LogP contribution in [0.15, 0.2) is 30.6 Å². The Balaban J connectivity index is 2.19. The summed E-state index contributed by atoms with van der Waals surface area (Å²) in [6.45, 7) is 4.34. The quantitative estimate of drug-likeness (QED) is 0.756. The molecule has 0 spiro atoms. The monoisotopic (exact) mass is 334 g/mol. The lowest BCUT2D eigenvalue weighted by Crippen LogP contribution is -1.93. The number of hydrogen-bond acceptors (Lipinski definition) is 3. The van der Waals surface area contributed by atoms with Gasteiger partial charge in [-0.05, 0) is 30.0 Å². The standard InChI is InChI=1S/C16H15ClN2O2S/c1-9(2)5-10-8-19(13-6-11(17)3-4-12(10)13)16-18-7-14(22-16)15(20)21/h3-4,6-9H,5H2,1-2H3,(H,20,21). The Morgan fingerprint density at radius 2 is 2.23 bits per heavy atom. The minimum absolute atomic E-state index is 0.226. The van der Waals surface area contributed by atoms with Gasteiger partial charge in [-0.25, -0.2) is 9.78 Å². The molecule has 3 rings (SSSR count). The molecular formula is C16H15ClN2O2S. The van der Waals surface area contributed by atoms with Crippen molar-refractivity contribution in [1.29, 1.82) is 0 Å². The van der Waals surface area contributed by atoms with Crippen LogP contribution in [-0.2, 0) is 6.42 Å². The minimum atomic E-state index is -0.958. The Kier molecular flexibility index (Phi) is 3.93. The SMILES string of the molecule is CC(C)Cc1cn(-c2ncc(C(=O)O)s2)c2cc(Cl)ccc12. The van der Waals surface area contributed by atoms with Crippen molar-refractivity contribution in [3.05, 3.63) is 46.1 Å². The molecule has 0 bridgehead atoms. The summed E-state index contributed by atoms with van der Waals surface area (Å²) < 4.78 is 1.93. The van der Waals surface area contributed by atoms with Gasteiger partial charge >= 0.3 is 5.97 Å². The molecule has 0 aliphatic rings. The number of rotatable bonds is 4. The molecule has 0 aliphatic carbocycles. The Morgan fingerprint density at radius 3 is 2.86 bits per heavy atom. The van der Waals surface area contributed by atoms with Crippen molar-refractivity contribution in [2.75, 3.05) is 0 Å². The van der Waals surface area contributed by atoms with E-state index in [1.165, 1.54) is 11.8 Å². The van der Waals surface area contributed by atoms with Crippen molar-refractivity contribution in [2.45, 2.75) is 20.3 Å². The summed E-state index contributed by atoms with van der Waals surface area (Å²) >= 11 is 7.28. The van der Waals surface area contributed by atoms with E-state index in [2.05, 4.69) is 18.8 Å². The van der Waals surface area contributed by atoms with Crippen molar-refractivity contribution in [2.24, 2.45) is 5.92 Å². The van der Waals surface area contributed by atoms with Crippen LogP contribution in [0.4, 0.5) is 0 Å². The highest BCUT2D eigenvalue weighted by Crippen LogP contribution is 2.30. The average molecular weight is 335 g/mol. The molecule has 0 radical (unpaired) electrons. The molecule has 2 heterocycles. The van der Waals surface area contributed by atoms with Crippen LogP contribution < -0.4 is 0 Å². The van der Waals surface area contributed by atoms with E-state index in [1.807, 2.05) is 29.0 Å². The summed E-state index contributed by atoms with van der Waals surface area (Å²) in [6.07, 6.45) is 4.37. The Bertz CT molecular complexity index is 851. The molecular weight excluding hydrogens is 320 g/mol. The number of benzene rings is 1. The van der Waals surface area contributed by atoms with Crippen LogP contribution >= 0.6 is 22.9 Å². The van der Waals surface area contributed by atoms with E-state index in [0.29, 0.717) is 16.1 Å². The molecule has 1 N–H and O–H groups in total. The molecule has 0 amide bonds. The molecule has 4 nitrogen and oxygen atoms in total. The first-order chi connectivity index (χ1) is 10.5. The minimum Gasteiger partial charge on any atom is -0.477 e. The van der Waals surface area contributed by atoms with Gasteiger partial charge in [0.1, 0.15) is 4.88 Å². The zero-order valence-electron chi connectivity index (χ0n) is 12.2. The first-order valence-electron chi connectivity index (χ1n) is 6.94. The van der Waals surface area contributed by atoms with E-state index in [4.69, 9.17) is 16.7 Å². The van der Waals surface area contributed by atoms with Crippen molar-refractivity contribution < 1.29 is 9.90 Å². The van der Waals surface area contributed by atoms with E-state index in [0.717, 1.165) is 28.7 Å². The fourth-order valence-corrected chi connectivity index (χ4v) is 3.42. The first kappa shape index (κ1) is 15.1. The number of carboxylic acids is 1. The number of carboxylic acid groups (broad SMARTS) is 1. The number of hydrogen-bond donors (Lipinski definition) is 1.